The zero-order valence-corrected chi connectivity index (χ0v) is 10.3. The third-order valence-corrected chi connectivity index (χ3v) is 3.40. The van der Waals surface area contributed by atoms with E-state index in [1.54, 1.807) is 4.90 Å². The minimum atomic E-state index is -0.910. The summed E-state index contributed by atoms with van der Waals surface area (Å²) in [7, 11) is 0. The molecule has 1 unspecified atom stereocenters. The molecule has 2 rings (SSSR count). The summed E-state index contributed by atoms with van der Waals surface area (Å²) >= 11 is 0. The molecule has 1 fully saturated rings. The van der Waals surface area contributed by atoms with Gasteiger partial charge in [-0.15, -0.1) is 0 Å². The Balaban J connectivity index is 2.41. The van der Waals surface area contributed by atoms with Crippen LogP contribution in [0.25, 0.3) is 0 Å². The summed E-state index contributed by atoms with van der Waals surface area (Å²) in [4.78, 5) is 11.3. The van der Waals surface area contributed by atoms with Crippen LogP contribution in [0.3, 0.4) is 0 Å². The summed E-state index contributed by atoms with van der Waals surface area (Å²) in [5.74, 6) is -1.82. The van der Waals surface area contributed by atoms with E-state index in [0.29, 0.717) is 13.1 Å². The second-order valence-electron chi connectivity index (χ2n) is 4.59. The van der Waals surface area contributed by atoms with Crippen LogP contribution in [0.1, 0.15) is 19.3 Å². The zero-order chi connectivity index (χ0) is 14.0. The van der Waals surface area contributed by atoms with Crippen LogP contribution in [0.2, 0.25) is 0 Å². The van der Waals surface area contributed by atoms with Gasteiger partial charge in [-0.1, -0.05) is 0 Å². The molecule has 1 aromatic carbocycles. The number of nitrogens with zero attached hydrogens (tertiary/aromatic N) is 2. The third-order valence-electron chi connectivity index (χ3n) is 3.40. The Morgan fingerprint density at radius 2 is 2.00 bits per heavy atom. The summed E-state index contributed by atoms with van der Waals surface area (Å²) in [5, 5.41) is 10.6. The molecule has 0 radical (unpaired) electrons. The predicted molar refractivity (Wildman–Crippen MR) is 67.1 cm³/mol. The van der Waals surface area contributed by atoms with Gasteiger partial charge in [0.05, 0.1) is 17.1 Å². The van der Waals surface area contributed by atoms with Crippen LogP contribution in [-0.4, -0.2) is 24.1 Å². The van der Waals surface area contributed by atoms with Crippen LogP contribution >= 0.6 is 0 Å². The molecule has 0 aliphatic carbocycles. The highest BCUT2D eigenvalue weighted by Gasteiger charge is 2.28. The van der Waals surface area contributed by atoms with E-state index in [-0.39, 0.29) is 11.7 Å². The lowest BCUT2D eigenvalue weighted by atomic mass is 10.0. The van der Waals surface area contributed by atoms with Crippen molar-refractivity contribution >= 4 is 11.4 Å². The number of non-ortho nitro benzene ring substituents is 1. The van der Waals surface area contributed by atoms with Gasteiger partial charge in [0.1, 0.15) is 5.69 Å². The lowest BCUT2D eigenvalue weighted by Crippen LogP contribution is -2.45. The van der Waals surface area contributed by atoms with Gasteiger partial charge in [-0.25, -0.2) is 8.78 Å². The Hall–Kier alpha value is -1.76. The first-order chi connectivity index (χ1) is 9.04. The van der Waals surface area contributed by atoms with Crippen LogP contribution in [0, 0.1) is 21.7 Å². The van der Waals surface area contributed by atoms with Crippen molar-refractivity contribution < 1.29 is 13.7 Å². The van der Waals surface area contributed by atoms with Crippen LogP contribution in [0.5, 0.6) is 0 Å². The van der Waals surface area contributed by atoms with Crippen molar-refractivity contribution in [3.63, 3.8) is 0 Å². The highest BCUT2D eigenvalue weighted by atomic mass is 19.1. The minimum Gasteiger partial charge on any atom is -0.363 e. The van der Waals surface area contributed by atoms with Crippen molar-refractivity contribution in [3.8, 4) is 0 Å². The smallest absolute Gasteiger partial charge is 0.275 e. The lowest BCUT2D eigenvalue weighted by Gasteiger charge is -2.37. The quantitative estimate of drug-likeness (QED) is 0.675. The van der Waals surface area contributed by atoms with Crippen molar-refractivity contribution in [2.24, 2.45) is 5.73 Å². The summed E-state index contributed by atoms with van der Waals surface area (Å²) < 4.78 is 27.9. The van der Waals surface area contributed by atoms with E-state index in [4.69, 9.17) is 5.73 Å². The van der Waals surface area contributed by atoms with Crippen molar-refractivity contribution in [1.82, 2.24) is 0 Å². The normalized spacial score (nSPS) is 19.5. The number of hydrogen-bond donors (Lipinski definition) is 1. The van der Waals surface area contributed by atoms with Gasteiger partial charge < -0.3 is 10.6 Å². The Morgan fingerprint density at radius 1 is 1.37 bits per heavy atom. The van der Waals surface area contributed by atoms with E-state index in [1.807, 2.05) is 0 Å². The van der Waals surface area contributed by atoms with Crippen molar-refractivity contribution in [1.29, 1.82) is 0 Å². The first-order valence-corrected chi connectivity index (χ1v) is 6.14. The van der Waals surface area contributed by atoms with Crippen molar-refractivity contribution in [2.45, 2.75) is 25.3 Å². The molecule has 19 heavy (non-hydrogen) atoms. The molecule has 0 spiro atoms. The molecular weight excluding hydrogens is 256 g/mol. The molecule has 0 amide bonds. The van der Waals surface area contributed by atoms with E-state index in [2.05, 4.69) is 0 Å². The van der Waals surface area contributed by atoms with E-state index in [0.717, 1.165) is 31.4 Å². The summed E-state index contributed by atoms with van der Waals surface area (Å²) in [6, 6.07) is 1.38. The topological polar surface area (TPSA) is 72.4 Å². The number of hydrogen-bond acceptors (Lipinski definition) is 4. The fourth-order valence-corrected chi connectivity index (χ4v) is 2.47. The second-order valence-corrected chi connectivity index (χ2v) is 4.59. The average Bonchev–Trinajstić information content (AvgIpc) is 2.38. The van der Waals surface area contributed by atoms with Gasteiger partial charge in [-0.3, -0.25) is 10.1 Å². The fraction of sp³-hybridized carbons (Fsp3) is 0.500. The number of nitro benzene ring substituents is 1. The molecule has 1 heterocycles. The first-order valence-electron chi connectivity index (χ1n) is 6.14. The predicted octanol–water partition coefficient (Wildman–Crippen LogP) is 2.19. The standard InChI is InChI=1S/C12H15F2N3O2/c13-10-5-9(17(18)19)6-11(14)12(10)16-4-2-1-3-8(16)7-15/h5-6,8H,1-4,7,15H2. The maximum atomic E-state index is 13.9. The van der Waals surface area contributed by atoms with Crippen molar-refractivity contribution in [2.75, 3.05) is 18.0 Å². The summed E-state index contributed by atoms with van der Waals surface area (Å²) in [6.45, 7) is 0.809. The van der Waals surface area contributed by atoms with Crippen LogP contribution in [-0.2, 0) is 0 Å². The Bertz CT molecular complexity index is 473. The van der Waals surface area contributed by atoms with Gasteiger partial charge >= 0.3 is 0 Å². The molecule has 2 N–H and O–H groups in total. The van der Waals surface area contributed by atoms with Gasteiger partial charge in [0.15, 0.2) is 11.6 Å². The number of nitrogens with two attached hydrogens (primary N) is 1. The molecule has 7 heteroatoms. The van der Waals surface area contributed by atoms with Gasteiger partial charge in [-0.05, 0) is 19.3 Å². The molecule has 0 aromatic heterocycles. The van der Waals surface area contributed by atoms with E-state index >= 15 is 0 Å². The van der Waals surface area contributed by atoms with Crippen LogP contribution < -0.4 is 10.6 Å². The largest absolute Gasteiger partial charge is 0.363 e. The van der Waals surface area contributed by atoms with Gasteiger partial charge in [-0.2, -0.15) is 0 Å². The van der Waals surface area contributed by atoms with Gasteiger partial charge in [0.25, 0.3) is 5.69 Å². The molecule has 5 nitrogen and oxygen atoms in total. The monoisotopic (exact) mass is 271 g/mol. The van der Waals surface area contributed by atoms with Crippen LogP contribution in [0.15, 0.2) is 12.1 Å². The number of halogens is 2. The number of rotatable bonds is 3. The summed E-state index contributed by atoms with van der Waals surface area (Å²) in [6.07, 6.45) is 2.56. The Labute approximate surface area is 109 Å². The number of nitro groups is 1. The summed E-state index contributed by atoms with van der Waals surface area (Å²) in [5.41, 5.74) is 4.82. The number of benzene rings is 1. The van der Waals surface area contributed by atoms with Crippen molar-refractivity contribution in [3.05, 3.63) is 33.9 Å². The highest BCUT2D eigenvalue weighted by molar-refractivity contribution is 5.55. The number of piperidine rings is 1. The maximum absolute atomic E-state index is 13.9. The molecule has 1 saturated heterocycles. The second kappa shape index (κ2) is 5.48. The molecule has 1 aliphatic heterocycles. The third kappa shape index (κ3) is 2.65. The molecule has 0 bridgehead atoms. The molecule has 1 atom stereocenters. The number of anilines is 1. The molecule has 1 aliphatic rings. The van der Waals surface area contributed by atoms with Crippen LogP contribution in [0.4, 0.5) is 20.2 Å². The molecule has 0 saturated carbocycles. The van der Waals surface area contributed by atoms with Gasteiger partial charge in [0, 0.05) is 19.1 Å². The van der Waals surface area contributed by atoms with Gasteiger partial charge in [0.2, 0.25) is 0 Å². The highest BCUT2D eigenvalue weighted by Crippen LogP contribution is 2.32. The van der Waals surface area contributed by atoms with E-state index < -0.39 is 22.2 Å². The first kappa shape index (κ1) is 13.7. The Kier molecular flexibility index (Phi) is 3.94. The SMILES string of the molecule is NCC1CCCCN1c1c(F)cc([N+](=O)[O-])cc1F. The zero-order valence-electron chi connectivity index (χ0n) is 10.3. The van der Waals surface area contributed by atoms with E-state index in [1.165, 1.54) is 0 Å². The molecular formula is C12H15F2N3O2. The fourth-order valence-electron chi connectivity index (χ4n) is 2.47. The van der Waals surface area contributed by atoms with E-state index in [9.17, 15) is 18.9 Å². The lowest BCUT2D eigenvalue weighted by molar-refractivity contribution is -0.385. The average molecular weight is 271 g/mol. The minimum absolute atomic E-state index is 0.126. The Morgan fingerprint density at radius 3 is 2.53 bits per heavy atom. The molecule has 1 aromatic rings. The molecule has 104 valence electrons. The maximum Gasteiger partial charge on any atom is 0.275 e.